The molecule has 0 aliphatic rings. The van der Waals surface area contributed by atoms with Gasteiger partial charge in [0.15, 0.2) is 0 Å². The zero-order chi connectivity index (χ0) is 15.4. The lowest BCUT2D eigenvalue weighted by molar-refractivity contribution is 0.0602. The zero-order valence-corrected chi connectivity index (χ0v) is 12.4. The van der Waals surface area contributed by atoms with Crippen molar-refractivity contribution in [3.05, 3.63) is 46.5 Å². The number of aromatic nitrogens is 2. The fraction of sp³-hybridized carbons (Fsp3) is 0.214. The Morgan fingerprint density at radius 2 is 2.24 bits per heavy atom. The molecule has 6 nitrogen and oxygen atoms in total. The number of halogens is 1. The topological polar surface area (TPSA) is 90.1 Å². The van der Waals surface area contributed by atoms with Crippen LogP contribution in [0.15, 0.2) is 24.4 Å². The Balaban J connectivity index is 2.28. The first-order valence-corrected chi connectivity index (χ1v) is 6.58. The normalized spacial score (nSPS) is 10.2. The lowest BCUT2D eigenvalue weighted by Crippen LogP contribution is -2.10. The number of carbonyl (C=O) groups is 1. The number of benzene rings is 1. The number of nitrogens with zero attached hydrogens (tertiary/aromatic N) is 2. The summed E-state index contributed by atoms with van der Waals surface area (Å²) >= 11 is 6.15. The van der Waals surface area contributed by atoms with Crippen molar-refractivity contribution in [1.29, 1.82) is 0 Å². The Bertz CT molecular complexity index is 676. The summed E-state index contributed by atoms with van der Waals surface area (Å²) in [6, 6.07) is 4.87. The number of aryl methyl sites for hydroxylation is 1. The highest BCUT2D eigenvalue weighted by molar-refractivity contribution is 6.34. The average molecular weight is 307 g/mol. The number of anilines is 2. The molecule has 0 radical (unpaired) electrons. The maximum atomic E-state index is 11.8. The molecule has 2 aromatic rings. The molecule has 0 amide bonds. The molecule has 2 rings (SSSR count). The molecule has 110 valence electrons. The molecular weight excluding hydrogens is 292 g/mol. The van der Waals surface area contributed by atoms with Crippen LogP contribution < -0.4 is 11.1 Å². The van der Waals surface area contributed by atoms with Crippen LogP contribution in [0.5, 0.6) is 0 Å². The Morgan fingerprint density at radius 3 is 2.90 bits per heavy atom. The van der Waals surface area contributed by atoms with Crippen molar-refractivity contribution in [3.8, 4) is 0 Å². The van der Waals surface area contributed by atoms with E-state index in [9.17, 15) is 4.79 Å². The molecule has 0 spiro atoms. The number of nitrogens with two attached hydrogens (primary N) is 1. The molecule has 0 aliphatic heterocycles. The monoisotopic (exact) mass is 306 g/mol. The lowest BCUT2D eigenvalue weighted by atomic mass is 10.1. The van der Waals surface area contributed by atoms with E-state index in [4.69, 9.17) is 22.1 Å². The first-order chi connectivity index (χ1) is 10.0. The Morgan fingerprint density at radius 1 is 1.48 bits per heavy atom. The van der Waals surface area contributed by atoms with E-state index in [1.807, 2.05) is 0 Å². The summed E-state index contributed by atoms with van der Waals surface area (Å²) in [7, 11) is 1.30. The highest BCUT2D eigenvalue weighted by Gasteiger charge is 2.16. The van der Waals surface area contributed by atoms with Crippen molar-refractivity contribution in [2.75, 3.05) is 18.2 Å². The summed E-state index contributed by atoms with van der Waals surface area (Å²) in [5.74, 6) is 0.163. The summed E-state index contributed by atoms with van der Waals surface area (Å²) in [5.41, 5.74) is 7.64. The van der Waals surface area contributed by atoms with E-state index in [1.54, 1.807) is 25.3 Å². The van der Waals surface area contributed by atoms with E-state index in [-0.39, 0.29) is 5.56 Å². The average Bonchev–Trinajstić information content (AvgIpc) is 2.45. The van der Waals surface area contributed by atoms with Crippen molar-refractivity contribution in [2.24, 2.45) is 0 Å². The first-order valence-electron chi connectivity index (χ1n) is 6.21. The highest BCUT2D eigenvalue weighted by Crippen LogP contribution is 2.30. The van der Waals surface area contributed by atoms with Crippen LogP contribution in [0.2, 0.25) is 5.02 Å². The van der Waals surface area contributed by atoms with Gasteiger partial charge in [-0.2, -0.15) is 0 Å². The largest absolute Gasteiger partial charge is 0.465 e. The molecule has 7 heteroatoms. The maximum absolute atomic E-state index is 11.8. The van der Waals surface area contributed by atoms with Gasteiger partial charge in [0, 0.05) is 11.9 Å². The van der Waals surface area contributed by atoms with Crippen molar-refractivity contribution in [1.82, 2.24) is 9.97 Å². The van der Waals surface area contributed by atoms with E-state index in [1.165, 1.54) is 13.2 Å². The summed E-state index contributed by atoms with van der Waals surface area (Å²) < 4.78 is 4.74. The molecule has 1 aromatic heterocycles. The van der Waals surface area contributed by atoms with Gasteiger partial charge in [0.25, 0.3) is 0 Å². The summed E-state index contributed by atoms with van der Waals surface area (Å²) in [6.07, 6.45) is 1.67. The van der Waals surface area contributed by atoms with Crippen LogP contribution in [0.4, 0.5) is 11.4 Å². The first kappa shape index (κ1) is 15.1. The zero-order valence-electron chi connectivity index (χ0n) is 11.7. The van der Waals surface area contributed by atoms with Gasteiger partial charge in [-0.3, -0.25) is 0 Å². The second-order valence-corrected chi connectivity index (χ2v) is 4.77. The molecule has 3 N–H and O–H groups in total. The molecule has 0 fully saturated rings. The molecule has 1 aromatic carbocycles. The fourth-order valence-electron chi connectivity index (χ4n) is 1.86. The fourth-order valence-corrected chi connectivity index (χ4v) is 2.16. The van der Waals surface area contributed by atoms with Gasteiger partial charge in [-0.05, 0) is 25.1 Å². The van der Waals surface area contributed by atoms with E-state index >= 15 is 0 Å². The van der Waals surface area contributed by atoms with Gasteiger partial charge in [-0.25, -0.2) is 14.8 Å². The van der Waals surface area contributed by atoms with Crippen LogP contribution >= 0.6 is 11.6 Å². The van der Waals surface area contributed by atoms with E-state index < -0.39 is 5.97 Å². The molecular formula is C14H15ClN4O2. The Hall–Kier alpha value is -2.34. The second-order valence-electron chi connectivity index (χ2n) is 4.37. The predicted octanol–water partition coefficient (Wildman–Crippen LogP) is 2.42. The van der Waals surface area contributed by atoms with Crippen LogP contribution in [0.1, 0.15) is 21.9 Å². The van der Waals surface area contributed by atoms with Gasteiger partial charge in [0.05, 0.1) is 35.6 Å². The van der Waals surface area contributed by atoms with Crippen LogP contribution in [0.25, 0.3) is 0 Å². The van der Waals surface area contributed by atoms with Crippen molar-refractivity contribution in [2.45, 2.75) is 13.5 Å². The second kappa shape index (κ2) is 6.41. The number of hydrogen-bond donors (Lipinski definition) is 2. The quantitative estimate of drug-likeness (QED) is 0.666. The van der Waals surface area contributed by atoms with Gasteiger partial charge >= 0.3 is 5.97 Å². The molecule has 0 atom stereocenters. The van der Waals surface area contributed by atoms with E-state index in [0.717, 1.165) is 5.69 Å². The van der Waals surface area contributed by atoms with Crippen molar-refractivity contribution >= 4 is 28.9 Å². The Labute approximate surface area is 127 Å². The van der Waals surface area contributed by atoms with Crippen LogP contribution in [-0.4, -0.2) is 23.0 Å². The number of nitrogen functional groups attached to an aromatic ring is 1. The van der Waals surface area contributed by atoms with Gasteiger partial charge in [-0.1, -0.05) is 11.6 Å². The number of methoxy groups -OCH3 is 1. The summed E-state index contributed by atoms with van der Waals surface area (Å²) in [5, 5.41) is 3.44. The molecule has 0 aliphatic carbocycles. The van der Waals surface area contributed by atoms with Crippen LogP contribution in [0.3, 0.4) is 0 Å². The van der Waals surface area contributed by atoms with Gasteiger partial charge in [0.2, 0.25) is 0 Å². The predicted molar refractivity (Wildman–Crippen MR) is 81.3 cm³/mol. The third-order valence-electron chi connectivity index (χ3n) is 2.80. The standard InChI is InChI=1S/C14H15ClN4O2/c1-8-17-4-3-10(19-8)7-18-13-11(14(20)21-2)5-9(16)6-12(13)15/h3-6,18H,7,16H2,1-2H3. The van der Waals surface area contributed by atoms with Gasteiger partial charge in [-0.15, -0.1) is 0 Å². The minimum atomic E-state index is -0.509. The Kier molecular flexibility index (Phi) is 4.59. The number of nitrogens with one attached hydrogen (secondary N) is 1. The molecule has 1 heterocycles. The van der Waals surface area contributed by atoms with E-state index in [2.05, 4.69) is 15.3 Å². The molecule has 21 heavy (non-hydrogen) atoms. The summed E-state index contributed by atoms with van der Waals surface area (Å²) in [4.78, 5) is 20.1. The van der Waals surface area contributed by atoms with Gasteiger partial charge in [0.1, 0.15) is 5.82 Å². The van der Waals surface area contributed by atoms with Gasteiger partial charge < -0.3 is 15.8 Å². The van der Waals surface area contributed by atoms with Crippen molar-refractivity contribution in [3.63, 3.8) is 0 Å². The number of carbonyl (C=O) groups excluding carboxylic acids is 1. The number of esters is 1. The number of ether oxygens (including phenoxy) is 1. The SMILES string of the molecule is COC(=O)c1cc(N)cc(Cl)c1NCc1ccnc(C)n1. The summed E-state index contributed by atoms with van der Waals surface area (Å²) in [6.45, 7) is 2.20. The van der Waals surface area contributed by atoms with Crippen LogP contribution in [0, 0.1) is 6.92 Å². The highest BCUT2D eigenvalue weighted by atomic mass is 35.5. The smallest absolute Gasteiger partial charge is 0.340 e. The molecule has 0 bridgehead atoms. The third-order valence-corrected chi connectivity index (χ3v) is 3.10. The molecule has 0 saturated carbocycles. The number of rotatable bonds is 4. The maximum Gasteiger partial charge on any atom is 0.340 e. The molecule has 0 saturated heterocycles. The molecule has 0 unspecified atom stereocenters. The minimum absolute atomic E-state index is 0.285. The third kappa shape index (κ3) is 3.61. The lowest BCUT2D eigenvalue weighted by Gasteiger charge is -2.13. The minimum Gasteiger partial charge on any atom is -0.465 e. The van der Waals surface area contributed by atoms with Crippen LogP contribution in [-0.2, 0) is 11.3 Å². The van der Waals surface area contributed by atoms with E-state index in [0.29, 0.717) is 28.8 Å². The number of hydrogen-bond acceptors (Lipinski definition) is 6. The van der Waals surface area contributed by atoms with Crippen molar-refractivity contribution < 1.29 is 9.53 Å².